The Hall–Kier alpha value is -2.71. The number of nitrogens with zero attached hydrogens (tertiary/aromatic N) is 1. The molecule has 150 valence electrons. The number of H-pyrrole nitrogens is 1. The highest BCUT2D eigenvalue weighted by Crippen LogP contribution is 2.37. The van der Waals surface area contributed by atoms with Crippen LogP contribution in [0.5, 0.6) is 5.75 Å². The van der Waals surface area contributed by atoms with Gasteiger partial charge in [0.2, 0.25) is 0 Å². The molecule has 1 saturated heterocycles. The molecule has 7 heteroatoms. The van der Waals surface area contributed by atoms with Crippen molar-refractivity contribution in [3.05, 3.63) is 47.8 Å². The maximum Gasteiger partial charge on any atom is 0.292 e. The molecule has 2 aromatic carbocycles. The van der Waals surface area contributed by atoms with Gasteiger partial charge in [-0.3, -0.25) is 0 Å². The van der Waals surface area contributed by atoms with E-state index in [-0.39, 0.29) is 12.4 Å². The van der Waals surface area contributed by atoms with Crippen molar-refractivity contribution in [1.82, 2.24) is 4.98 Å². The Bertz CT molecular complexity index is 1260. The van der Waals surface area contributed by atoms with Crippen LogP contribution in [0.2, 0.25) is 0 Å². The summed E-state index contributed by atoms with van der Waals surface area (Å²) in [6.45, 7) is 3.72. The number of rotatable bonds is 2. The summed E-state index contributed by atoms with van der Waals surface area (Å²) in [5.74, 6) is 0.213. The number of aromatic amines is 1. The highest BCUT2D eigenvalue weighted by molar-refractivity contribution is 6.16. The van der Waals surface area contributed by atoms with Crippen LogP contribution >= 0.6 is 0 Å². The second-order valence-corrected chi connectivity index (χ2v) is 7.80. The van der Waals surface area contributed by atoms with Gasteiger partial charge in [0.05, 0.1) is 12.1 Å². The average molecular weight is 395 g/mol. The topological polar surface area (TPSA) is 110 Å². The fourth-order valence-corrected chi connectivity index (χ4v) is 4.54. The Morgan fingerprint density at radius 2 is 1.83 bits per heavy atom. The van der Waals surface area contributed by atoms with Crippen molar-refractivity contribution in [3.63, 3.8) is 0 Å². The van der Waals surface area contributed by atoms with E-state index in [9.17, 15) is 20.4 Å². The van der Waals surface area contributed by atoms with Gasteiger partial charge < -0.3 is 30.1 Å². The van der Waals surface area contributed by atoms with E-state index in [0.717, 1.165) is 43.7 Å². The van der Waals surface area contributed by atoms with Gasteiger partial charge >= 0.3 is 0 Å². The highest BCUT2D eigenvalue weighted by atomic mass is 16.6. The van der Waals surface area contributed by atoms with Gasteiger partial charge in [-0.25, -0.2) is 0 Å². The summed E-state index contributed by atoms with van der Waals surface area (Å²) in [4.78, 5) is 3.46. The van der Waals surface area contributed by atoms with Crippen LogP contribution in [0.15, 0.2) is 36.7 Å². The smallest absolute Gasteiger partial charge is 0.292 e. The molecule has 5 rings (SSSR count). The summed E-state index contributed by atoms with van der Waals surface area (Å²) in [5, 5.41) is 43.8. The number of phenolic OH excluding ortho intramolecular Hbond substituents is 1. The number of aryl methyl sites for hydroxylation is 2. The molecule has 0 spiro atoms. The lowest BCUT2D eigenvalue weighted by Gasteiger charge is -2.12. The van der Waals surface area contributed by atoms with Crippen molar-refractivity contribution in [1.29, 1.82) is 0 Å². The molecule has 0 saturated carbocycles. The van der Waals surface area contributed by atoms with E-state index < -0.39 is 24.5 Å². The molecule has 0 aliphatic carbocycles. The van der Waals surface area contributed by atoms with Gasteiger partial charge in [0.25, 0.3) is 6.23 Å². The van der Waals surface area contributed by atoms with Crippen molar-refractivity contribution in [3.8, 4) is 5.75 Å². The van der Waals surface area contributed by atoms with Crippen molar-refractivity contribution in [2.45, 2.75) is 38.4 Å². The highest BCUT2D eigenvalue weighted by Gasteiger charge is 2.48. The maximum absolute atomic E-state index is 10.4. The maximum atomic E-state index is 10.4. The number of benzene rings is 2. The molecule has 0 radical (unpaired) electrons. The molecule has 2 aromatic heterocycles. The average Bonchev–Trinajstić information content (AvgIpc) is 3.24. The van der Waals surface area contributed by atoms with Crippen molar-refractivity contribution in [2.24, 2.45) is 0 Å². The Morgan fingerprint density at radius 1 is 1.03 bits per heavy atom. The molecule has 3 heterocycles. The third-order valence-corrected chi connectivity index (χ3v) is 6.13. The van der Waals surface area contributed by atoms with E-state index in [4.69, 9.17) is 4.74 Å². The molecule has 4 aromatic rings. The number of aromatic nitrogens is 2. The van der Waals surface area contributed by atoms with Gasteiger partial charge in [0, 0.05) is 27.7 Å². The first-order chi connectivity index (χ1) is 13.9. The van der Waals surface area contributed by atoms with Gasteiger partial charge in [0.15, 0.2) is 18.5 Å². The molecule has 1 aliphatic rings. The third-order valence-electron chi connectivity index (χ3n) is 6.13. The summed E-state index contributed by atoms with van der Waals surface area (Å²) in [5.41, 5.74) is 4.11. The summed E-state index contributed by atoms with van der Waals surface area (Å²) >= 11 is 0. The summed E-state index contributed by atoms with van der Waals surface area (Å²) in [7, 11) is 0. The number of phenols is 1. The van der Waals surface area contributed by atoms with Crippen LogP contribution < -0.4 is 4.57 Å². The first kappa shape index (κ1) is 18.3. The van der Waals surface area contributed by atoms with Gasteiger partial charge in [-0.2, -0.15) is 4.57 Å². The van der Waals surface area contributed by atoms with Crippen molar-refractivity contribution >= 4 is 32.6 Å². The van der Waals surface area contributed by atoms with Crippen molar-refractivity contribution in [2.75, 3.05) is 6.61 Å². The van der Waals surface area contributed by atoms with Gasteiger partial charge in [0.1, 0.15) is 18.0 Å². The van der Waals surface area contributed by atoms with Gasteiger partial charge in [-0.1, -0.05) is 0 Å². The lowest BCUT2D eigenvalue weighted by atomic mass is 9.97. The number of aromatic hydroxyl groups is 1. The van der Waals surface area contributed by atoms with Crippen LogP contribution in [0.25, 0.3) is 32.6 Å². The summed E-state index contributed by atoms with van der Waals surface area (Å²) in [6, 6.07) is 7.26. The van der Waals surface area contributed by atoms with E-state index >= 15 is 0 Å². The number of hydrogen-bond donors (Lipinski definition) is 5. The number of nitrogens with one attached hydrogen (secondary N) is 1. The molecule has 7 nitrogen and oxygen atoms in total. The Balaban J connectivity index is 1.75. The van der Waals surface area contributed by atoms with Gasteiger partial charge in [-0.05, 0) is 48.6 Å². The Kier molecular flexibility index (Phi) is 4.04. The minimum Gasteiger partial charge on any atom is -0.508 e. The van der Waals surface area contributed by atoms with Crippen LogP contribution in [-0.4, -0.2) is 50.3 Å². The van der Waals surface area contributed by atoms with Crippen LogP contribution in [0, 0.1) is 13.8 Å². The number of hydrogen-bond acceptors (Lipinski definition) is 5. The van der Waals surface area contributed by atoms with Crippen LogP contribution in [-0.2, 0) is 4.74 Å². The van der Waals surface area contributed by atoms with Gasteiger partial charge in [-0.15, -0.1) is 0 Å². The lowest BCUT2D eigenvalue weighted by Crippen LogP contribution is -2.45. The first-order valence-electron chi connectivity index (χ1n) is 9.61. The standard InChI is InChI=1S/C22H22N2O5/c1-10-15-8-24(22-21(28)20(27)17(9-25)29-22)6-5-13(15)11(2)19-18(10)14-7-12(26)3-4-16(14)23-19/h3-8,17,20-22,25-28H,9H2,1-2H3/p+1/t17-,20-,21+,22+/m1/s1. The predicted molar refractivity (Wildman–Crippen MR) is 108 cm³/mol. The first-order valence-corrected chi connectivity index (χ1v) is 9.61. The molecule has 1 aliphatic heterocycles. The van der Waals surface area contributed by atoms with E-state index in [1.165, 1.54) is 0 Å². The van der Waals surface area contributed by atoms with E-state index in [0.29, 0.717) is 0 Å². The Morgan fingerprint density at radius 3 is 2.55 bits per heavy atom. The predicted octanol–water partition coefficient (Wildman–Crippen LogP) is 1.70. The van der Waals surface area contributed by atoms with E-state index in [1.54, 1.807) is 16.7 Å². The zero-order valence-electron chi connectivity index (χ0n) is 16.1. The van der Waals surface area contributed by atoms with E-state index in [2.05, 4.69) is 11.9 Å². The largest absolute Gasteiger partial charge is 0.508 e. The molecule has 4 atom stereocenters. The molecule has 1 fully saturated rings. The van der Waals surface area contributed by atoms with Crippen LogP contribution in [0.1, 0.15) is 17.4 Å². The molecule has 0 bridgehead atoms. The number of pyridine rings is 1. The zero-order chi connectivity index (χ0) is 20.4. The monoisotopic (exact) mass is 395 g/mol. The normalized spacial score (nSPS) is 24.9. The molecular formula is C22H23N2O5+. The number of ether oxygens (including phenoxy) is 1. The minimum atomic E-state index is -1.14. The molecular weight excluding hydrogens is 372 g/mol. The van der Waals surface area contributed by atoms with E-state index in [1.807, 2.05) is 31.5 Å². The second kappa shape index (κ2) is 6.40. The zero-order valence-corrected chi connectivity index (χ0v) is 16.1. The van der Waals surface area contributed by atoms with Crippen LogP contribution in [0.4, 0.5) is 0 Å². The SMILES string of the molecule is Cc1c2cc[n+]([C@H]3O[C@H](CO)[C@@H](O)[C@@H]3O)cc2c(C)c2c1[nH]c1ccc(O)cc12. The second-order valence-electron chi connectivity index (χ2n) is 7.80. The third kappa shape index (κ3) is 2.55. The number of aliphatic hydroxyl groups excluding tert-OH is 3. The summed E-state index contributed by atoms with van der Waals surface area (Å²) < 4.78 is 7.40. The summed E-state index contributed by atoms with van der Waals surface area (Å²) in [6.07, 6.45) is -0.164. The number of aliphatic hydroxyl groups is 3. The molecule has 0 amide bonds. The minimum absolute atomic E-state index is 0.213. The van der Waals surface area contributed by atoms with Crippen molar-refractivity contribution < 1.29 is 29.7 Å². The fraction of sp³-hybridized carbons (Fsp3) is 0.318. The Labute approximate surface area is 166 Å². The van der Waals surface area contributed by atoms with Crippen LogP contribution in [0.3, 0.4) is 0 Å². The molecule has 5 N–H and O–H groups in total. The quantitative estimate of drug-likeness (QED) is 0.332. The molecule has 29 heavy (non-hydrogen) atoms. The fourth-order valence-electron chi connectivity index (χ4n) is 4.54. The molecule has 0 unspecified atom stereocenters. The lowest BCUT2D eigenvalue weighted by molar-refractivity contribution is -0.764. The number of fused-ring (bicyclic) bond motifs is 4.